The highest BCUT2D eigenvalue weighted by molar-refractivity contribution is 6.07. The summed E-state index contributed by atoms with van der Waals surface area (Å²) in [7, 11) is 1.14. The highest BCUT2D eigenvalue weighted by Gasteiger charge is 2.35. The number of rotatable bonds is 2. The smallest absolute Gasteiger partial charge is 0.504 e. The normalized spacial score (nSPS) is 15.3. The molecule has 0 aliphatic heterocycles. The first-order valence-corrected chi connectivity index (χ1v) is 8.15. The Kier molecular flexibility index (Phi) is 4.44. The van der Waals surface area contributed by atoms with E-state index in [1.165, 1.54) is 30.3 Å². The number of fused-ring (bicyclic) bond motifs is 1. The van der Waals surface area contributed by atoms with Crippen molar-refractivity contribution < 1.29 is 28.6 Å². The van der Waals surface area contributed by atoms with E-state index in [4.69, 9.17) is 4.74 Å². The summed E-state index contributed by atoms with van der Waals surface area (Å²) in [5.74, 6) is -1.01. The molecule has 0 heterocycles. The average molecular weight is 358 g/mol. The molecular formula is C20H19FO5. The molecule has 0 saturated heterocycles. The Morgan fingerprint density at radius 3 is 2.42 bits per heavy atom. The van der Waals surface area contributed by atoms with Crippen LogP contribution in [0.3, 0.4) is 0 Å². The predicted octanol–water partition coefficient (Wildman–Crippen LogP) is 4.50. The van der Waals surface area contributed by atoms with Crippen LogP contribution < -0.4 is 4.74 Å². The van der Waals surface area contributed by atoms with Crippen LogP contribution in [-0.4, -0.2) is 24.2 Å². The Bertz CT molecular complexity index is 884. The lowest BCUT2D eigenvalue weighted by Crippen LogP contribution is -2.27. The van der Waals surface area contributed by atoms with Crippen molar-refractivity contribution in [3.63, 3.8) is 0 Å². The van der Waals surface area contributed by atoms with E-state index >= 15 is 0 Å². The van der Waals surface area contributed by atoms with Gasteiger partial charge in [0.2, 0.25) is 0 Å². The Hall–Kier alpha value is -2.89. The van der Waals surface area contributed by atoms with Crippen LogP contribution in [0.2, 0.25) is 0 Å². The van der Waals surface area contributed by atoms with E-state index in [2.05, 4.69) is 4.74 Å². The largest absolute Gasteiger partial charge is 0.513 e. The lowest BCUT2D eigenvalue weighted by Gasteiger charge is -2.32. The van der Waals surface area contributed by atoms with E-state index in [0.717, 1.165) is 7.11 Å². The van der Waals surface area contributed by atoms with Crippen LogP contribution in [0, 0.1) is 11.2 Å². The number of benzene rings is 2. The number of hydrogen-bond acceptors (Lipinski definition) is 5. The summed E-state index contributed by atoms with van der Waals surface area (Å²) in [6, 6.07) is 6.87. The number of halogens is 1. The van der Waals surface area contributed by atoms with E-state index in [1.54, 1.807) is 0 Å². The number of ketones is 1. The number of Topliss-reactive ketones (excluding diaryl/α,β-unsaturated/α-hetero) is 1. The topological polar surface area (TPSA) is 72.8 Å². The first-order valence-electron chi connectivity index (χ1n) is 8.15. The van der Waals surface area contributed by atoms with Gasteiger partial charge in [-0.15, -0.1) is 0 Å². The van der Waals surface area contributed by atoms with Gasteiger partial charge >= 0.3 is 6.16 Å². The highest BCUT2D eigenvalue weighted by Crippen LogP contribution is 2.47. The van der Waals surface area contributed by atoms with Crippen molar-refractivity contribution in [1.29, 1.82) is 0 Å². The molecular weight excluding hydrogens is 339 g/mol. The Morgan fingerprint density at radius 1 is 1.15 bits per heavy atom. The summed E-state index contributed by atoms with van der Waals surface area (Å²) < 4.78 is 23.0. The number of carbonyl (C=O) groups is 2. The average Bonchev–Trinajstić information content (AvgIpc) is 2.55. The molecule has 2 aromatic rings. The van der Waals surface area contributed by atoms with Crippen molar-refractivity contribution in [2.45, 2.75) is 26.7 Å². The zero-order valence-corrected chi connectivity index (χ0v) is 14.8. The molecule has 0 radical (unpaired) electrons. The highest BCUT2D eigenvalue weighted by atomic mass is 19.1. The molecule has 0 amide bonds. The number of aromatic hydroxyl groups is 1. The molecule has 0 bridgehead atoms. The maximum atomic E-state index is 13.3. The molecule has 1 aliphatic rings. The van der Waals surface area contributed by atoms with Crippen molar-refractivity contribution in [2.24, 2.45) is 5.41 Å². The van der Waals surface area contributed by atoms with Crippen LogP contribution >= 0.6 is 0 Å². The molecule has 3 rings (SSSR count). The van der Waals surface area contributed by atoms with Gasteiger partial charge in [-0.3, -0.25) is 4.79 Å². The van der Waals surface area contributed by atoms with Gasteiger partial charge in [-0.25, -0.2) is 9.18 Å². The van der Waals surface area contributed by atoms with Crippen LogP contribution in [0.25, 0.3) is 11.1 Å². The van der Waals surface area contributed by atoms with E-state index in [-0.39, 0.29) is 28.3 Å². The molecule has 1 N–H and O–H groups in total. The van der Waals surface area contributed by atoms with Crippen molar-refractivity contribution in [1.82, 2.24) is 0 Å². The van der Waals surface area contributed by atoms with Crippen LogP contribution in [0.15, 0.2) is 30.3 Å². The van der Waals surface area contributed by atoms with Gasteiger partial charge in [0.25, 0.3) is 0 Å². The molecule has 0 aromatic heterocycles. The molecule has 0 spiro atoms. The molecule has 6 heteroatoms. The van der Waals surface area contributed by atoms with Crippen LogP contribution in [-0.2, 0) is 11.2 Å². The summed E-state index contributed by atoms with van der Waals surface area (Å²) in [6.07, 6.45) is -0.127. The second-order valence-corrected chi connectivity index (χ2v) is 7.14. The fourth-order valence-electron chi connectivity index (χ4n) is 3.38. The lowest BCUT2D eigenvalue weighted by atomic mass is 9.72. The molecule has 136 valence electrons. The van der Waals surface area contributed by atoms with Gasteiger partial charge in [-0.05, 0) is 41.2 Å². The number of carbonyl (C=O) groups excluding carboxylic acids is 2. The zero-order chi connectivity index (χ0) is 19.1. The Morgan fingerprint density at radius 2 is 1.81 bits per heavy atom. The molecule has 1 aliphatic carbocycles. The minimum absolute atomic E-state index is 0.120. The summed E-state index contributed by atoms with van der Waals surface area (Å²) >= 11 is 0. The summed E-state index contributed by atoms with van der Waals surface area (Å²) in [5.41, 5.74) is 1.53. The van der Waals surface area contributed by atoms with Gasteiger partial charge in [0.15, 0.2) is 17.3 Å². The van der Waals surface area contributed by atoms with E-state index in [9.17, 15) is 19.1 Å². The first-order chi connectivity index (χ1) is 12.2. The van der Waals surface area contributed by atoms with E-state index in [0.29, 0.717) is 29.5 Å². The number of phenolic OH excluding ortho intramolecular Hbond substituents is 1. The summed E-state index contributed by atoms with van der Waals surface area (Å²) in [6.45, 7) is 3.95. The van der Waals surface area contributed by atoms with Crippen LogP contribution in [0.4, 0.5) is 9.18 Å². The second kappa shape index (κ2) is 6.44. The van der Waals surface area contributed by atoms with Crippen molar-refractivity contribution in [3.8, 4) is 22.6 Å². The van der Waals surface area contributed by atoms with Gasteiger partial charge in [0, 0.05) is 17.5 Å². The Balaban J connectivity index is 2.29. The van der Waals surface area contributed by atoms with Crippen LogP contribution in [0.5, 0.6) is 11.5 Å². The molecule has 0 fully saturated rings. The minimum Gasteiger partial charge on any atom is -0.504 e. The summed E-state index contributed by atoms with van der Waals surface area (Å²) in [5, 5.41) is 10.4. The monoisotopic (exact) mass is 358 g/mol. The third-order valence-corrected chi connectivity index (χ3v) is 4.41. The number of phenols is 1. The third-order valence-electron chi connectivity index (χ3n) is 4.41. The van der Waals surface area contributed by atoms with Crippen molar-refractivity contribution in [3.05, 3.63) is 47.3 Å². The standard InChI is InChI=1S/C20H19FO5/c1-20(2)9-12-8-14(22)18(26-19(24)25-3)17(16(12)15(23)10-20)11-4-6-13(21)7-5-11/h4-8,22H,9-10H2,1-3H3. The fraction of sp³-hybridized carbons (Fsp3) is 0.300. The molecule has 2 aromatic carbocycles. The van der Waals surface area contributed by atoms with Gasteiger partial charge < -0.3 is 14.6 Å². The van der Waals surface area contributed by atoms with Gasteiger partial charge in [-0.2, -0.15) is 0 Å². The van der Waals surface area contributed by atoms with E-state index < -0.39 is 12.0 Å². The van der Waals surface area contributed by atoms with Crippen LogP contribution in [0.1, 0.15) is 36.2 Å². The quantitative estimate of drug-likeness (QED) is 0.632. The van der Waals surface area contributed by atoms with E-state index in [1.807, 2.05) is 13.8 Å². The molecule has 5 nitrogen and oxygen atoms in total. The molecule has 0 saturated carbocycles. The SMILES string of the molecule is COC(=O)Oc1c(O)cc2c(c1-c1ccc(F)cc1)C(=O)CC(C)(C)C2. The number of methoxy groups -OCH3 is 1. The van der Waals surface area contributed by atoms with Gasteiger partial charge in [0.1, 0.15) is 5.82 Å². The zero-order valence-electron chi connectivity index (χ0n) is 14.8. The maximum absolute atomic E-state index is 13.3. The fourth-order valence-corrected chi connectivity index (χ4v) is 3.38. The predicted molar refractivity (Wildman–Crippen MR) is 93.0 cm³/mol. The molecule has 0 unspecified atom stereocenters. The van der Waals surface area contributed by atoms with Gasteiger partial charge in [-0.1, -0.05) is 26.0 Å². The second-order valence-electron chi connectivity index (χ2n) is 7.14. The third kappa shape index (κ3) is 3.27. The van der Waals surface area contributed by atoms with Crippen molar-refractivity contribution >= 4 is 11.9 Å². The number of hydrogen-bond donors (Lipinski definition) is 1. The maximum Gasteiger partial charge on any atom is 0.513 e. The minimum atomic E-state index is -1.02. The first kappa shape index (κ1) is 17.9. The summed E-state index contributed by atoms with van der Waals surface area (Å²) in [4.78, 5) is 24.5. The van der Waals surface area contributed by atoms with Gasteiger partial charge in [0.05, 0.1) is 7.11 Å². The number of ether oxygens (including phenoxy) is 2. The Labute approximate surface area is 150 Å². The lowest BCUT2D eigenvalue weighted by molar-refractivity contribution is 0.0910. The molecule has 0 atom stereocenters. The van der Waals surface area contributed by atoms with Crippen molar-refractivity contribution in [2.75, 3.05) is 7.11 Å². The molecule has 26 heavy (non-hydrogen) atoms.